The van der Waals surface area contributed by atoms with Gasteiger partial charge in [0.1, 0.15) is 5.60 Å². The minimum Gasteiger partial charge on any atom is -0.458 e. The number of benzene rings is 1. The van der Waals surface area contributed by atoms with Crippen molar-refractivity contribution in [3.63, 3.8) is 0 Å². The highest BCUT2D eigenvalue weighted by molar-refractivity contribution is 5.88. The van der Waals surface area contributed by atoms with Crippen molar-refractivity contribution in [1.82, 2.24) is 15.5 Å². The number of H-pyrrole nitrogens is 1. The monoisotopic (exact) mass is 339 g/mol. The Morgan fingerprint density at radius 1 is 1.28 bits per heavy atom. The van der Waals surface area contributed by atoms with E-state index in [1.165, 1.54) is 0 Å². The van der Waals surface area contributed by atoms with Crippen LogP contribution < -0.4 is 5.32 Å². The maximum atomic E-state index is 12.7. The zero-order chi connectivity index (χ0) is 17.3. The van der Waals surface area contributed by atoms with Crippen molar-refractivity contribution in [2.24, 2.45) is 5.92 Å². The Balaban J connectivity index is 1.46. The number of nitrogens with zero attached hydrogens (tertiary/aromatic N) is 1. The van der Waals surface area contributed by atoms with Crippen molar-refractivity contribution in [2.45, 2.75) is 44.2 Å². The second-order valence-electron chi connectivity index (χ2n) is 6.86. The van der Waals surface area contributed by atoms with E-state index in [2.05, 4.69) is 15.5 Å². The van der Waals surface area contributed by atoms with Gasteiger partial charge in [-0.2, -0.15) is 5.10 Å². The molecule has 2 aliphatic rings. The van der Waals surface area contributed by atoms with Crippen molar-refractivity contribution in [3.05, 3.63) is 42.1 Å². The first-order chi connectivity index (χ1) is 12.2. The molecule has 1 aromatic heterocycles. The normalized spacial score (nSPS) is 21.4. The Morgan fingerprint density at radius 3 is 2.80 bits per heavy atom. The van der Waals surface area contributed by atoms with Gasteiger partial charge >= 0.3 is 5.97 Å². The van der Waals surface area contributed by atoms with Crippen LogP contribution in [-0.4, -0.2) is 27.7 Å². The smallest absolute Gasteiger partial charge is 0.307 e. The quantitative estimate of drug-likeness (QED) is 0.839. The average Bonchev–Trinajstić information content (AvgIpc) is 3.35. The second kappa shape index (κ2) is 6.35. The van der Waals surface area contributed by atoms with Crippen molar-refractivity contribution in [1.29, 1.82) is 0 Å². The maximum Gasteiger partial charge on any atom is 0.307 e. The first-order valence-electron chi connectivity index (χ1n) is 8.75. The van der Waals surface area contributed by atoms with Crippen LogP contribution in [0.1, 0.15) is 37.7 Å². The predicted molar refractivity (Wildman–Crippen MR) is 91.3 cm³/mol. The zero-order valence-electron chi connectivity index (χ0n) is 14.0. The largest absolute Gasteiger partial charge is 0.458 e. The lowest BCUT2D eigenvalue weighted by molar-refractivity contribution is -0.149. The number of aromatic nitrogens is 2. The van der Waals surface area contributed by atoms with E-state index >= 15 is 0 Å². The Hall–Kier alpha value is -2.63. The molecule has 1 atom stereocenters. The van der Waals surface area contributed by atoms with E-state index in [0.29, 0.717) is 6.54 Å². The molecule has 2 N–H and O–H groups in total. The van der Waals surface area contributed by atoms with Crippen LogP contribution in [0, 0.1) is 5.92 Å². The predicted octanol–water partition coefficient (Wildman–Crippen LogP) is 2.57. The molecule has 0 radical (unpaired) electrons. The maximum absolute atomic E-state index is 12.7. The molecule has 6 nitrogen and oxygen atoms in total. The minimum atomic E-state index is -0.570. The van der Waals surface area contributed by atoms with Crippen molar-refractivity contribution >= 4 is 11.9 Å². The molecule has 1 saturated carbocycles. The second-order valence-corrected chi connectivity index (χ2v) is 6.86. The number of amides is 1. The number of esters is 1. The summed E-state index contributed by atoms with van der Waals surface area (Å²) in [6.07, 6.45) is 5.51. The number of carbonyl (C=O) groups is 2. The van der Waals surface area contributed by atoms with Crippen molar-refractivity contribution in [3.8, 4) is 11.3 Å². The van der Waals surface area contributed by atoms with Gasteiger partial charge in [0.25, 0.3) is 0 Å². The standard InChI is InChI=1S/C19H21N3O3/c23-16-10-15(19(25-16)8-4-5-9-19)18(24)20-11-14-12-21-22-17(14)13-6-2-1-3-7-13/h1-3,6-7,12,15H,4-5,8-11H2,(H,20,24)(H,21,22)/t15-/m0/s1. The third-order valence-corrected chi connectivity index (χ3v) is 5.32. The fourth-order valence-electron chi connectivity index (χ4n) is 4.05. The SMILES string of the molecule is O=C1C[C@@H](C(=O)NCc2cn[nH]c2-c2ccccc2)C2(CCCC2)O1. The number of hydrogen-bond donors (Lipinski definition) is 2. The zero-order valence-corrected chi connectivity index (χ0v) is 14.0. The fourth-order valence-corrected chi connectivity index (χ4v) is 4.05. The highest BCUT2D eigenvalue weighted by atomic mass is 16.6. The van der Waals surface area contributed by atoms with E-state index in [9.17, 15) is 9.59 Å². The molecule has 1 spiro atoms. The molecule has 1 amide bonds. The molecule has 2 fully saturated rings. The summed E-state index contributed by atoms with van der Waals surface area (Å²) in [7, 11) is 0. The highest BCUT2D eigenvalue weighted by Gasteiger charge is 2.53. The van der Waals surface area contributed by atoms with Gasteiger partial charge in [-0.3, -0.25) is 14.7 Å². The summed E-state index contributed by atoms with van der Waals surface area (Å²) < 4.78 is 5.56. The van der Waals surface area contributed by atoms with E-state index in [-0.39, 0.29) is 24.2 Å². The molecule has 1 aliphatic heterocycles. The lowest BCUT2D eigenvalue weighted by Crippen LogP contribution is -2.42. The van der Waals surface area contributed by atoms with Crippen LogP contribution in [0.4, 0.5) is 0 Å². The van der Waals surface area contributed by atoms with E-state index in [0.717, 1.165) is 42.5 Å². The summed E-state index contributed by atoms with van der Waals surface area (Å²) in [5.41, 5.74) is 2.27. The summed E-state index contributed by atoms with van der Waals surface area (Å²) in [6, 6.07) is 9.87. The van der Waals surface area contributed by atoms with Crippen LogP contribution in [0.3, 0.4) is 0 Å². The van der Waals surface area contributed by atoms with Crippen LogP contribution in [-0.2, 0) is 20.9 Å². The lowest BCUT2D eigenvalue weighted by Gasteiger charge is -2.27. The summed E-state index contributed by atoms with van der Waals surface area (Å²) in [5.74, 6) is -0.738. The molecule has 6 heteroatoms. The van der Waals surface area contributed by atoms with Gasteiger partial charge in [-0.05, 0) is 31.2 Å². The number of rotatable bonds is 4. The van der Waals surface area contributed by atoms with Crippen LogP contribution in [0.25, 0.3) is 11.3 Å². The summed E-state index contributed by atoms with van der Waals surface area (Å²) >= 11 is 0. The third kappa shape index (κ3) is 2.92. The number of nitrogens with one attached hydrogen (secondary N) is 2. The van der Waals surface area contributed by atoms with Gasteiger partial charge in [-0.1, -0.05) is 30.3 Å². The molecular formula is C19H21N3O3. The van der Waals surface area contributed by atoms with Crippen LogP contribution in [0.5, 0.6) is 0 Å². The molecule has 2 heterocycles. The number of hydrogen-bond acceptors (Lipinski definition) is 4. The van der Waals surface area contributed by atoms with Gasteiger partial charge in [0, 0.05) is 12.1 Å². The summed E-state index contributed by atoms with van der Waals surface area (Å²) in [4.78, 5) is 24.5. The lowest BCUT2D eigenvalue weighted by atomic mass is 9.85. The summed E-state index contributed by atoms with van der Waals surface area (Å²) in [5, 5.41) is 10.1. The highest BCUT2D eigenvalue weighted by Crippen LogP contribution is 2.45. The Morgan fingerprint density at radius 2 is 2.04 bits per heavy atom. The molecule has 0 bridgehead atoms. The Kier molecular flexibility index (Phi) is 4.03. The first kappa shape index (κ1) is 15.9. The van der Waals surface area contributed by atoms with E-state index < -0.39 is 5.60 Å². The fraction of sp³-hybridized carbons (Fsp3) is 0.421. The first-order valence-corrected chi connectivity index (χ1v) is 8.75. The van der Waals surface area contributed by atoms with Crippen molar-refractivity contribution in [2.75, 3.05) is 0 Å². The molecule has 1 aromatic carbocycles. The van der Waals surface area contributed by atoms with Gasteiger partial charge in [0.2, 0.25) is 5.91 Å². The van der Waals surface area contributed by atoms with E-state index in [1.807, 2.05) is 30.3 Å². The van der Waals surface area contributed by atoms with Crippen LogP contribution in [0.15, 0.2) is 36.5 Å². The molecular weight excluding hydrogens is 318 g/mol. The van der Waals surface area contributed by atoms with Gasteiger partial charge in [0.05, 0.1) is 24.2 Å². The number of carbonyl (C=O) groups excluding carboxylic acids is 2. The molecule has 130 valence electrons. The topological polar surface area (TPSA) is 84.1 Å². The number of ether oxygens (including phenoxy) is 1. The summed E-state index contributed by atoms with van der Waals surface area (Å²) in [6.45, 7) is 0.375. The van der Waals surface area contributed by atoms with Gasteiger partial charge in [-0.15, -0.1) is 0 Å². The average molecular weight is 339 g/mol. The molecule has 4 rings (SSSR count). The molecule has 1 aliphatic carbocycles. The Labute approximate surface area is 146 Å². The Bertz CT molecular complexity index is 778. The third-order valence-electron chi connectivity index (χ3n) is 5.32. The van der Waals surface area contributed by atoms with E-state index in [1.54, 1.807) is 6.20 Å². The minimum absolute atomic E-state index is 0.104. The molecule has 1 saturated heterocycles. The van der Waals surface area contributed by atoms with Gasteiger partial charge in [0.15, 0.2) is 0 Å². The van der Waals surface area contributed by atoms with Crippen molar-refractivity contribution < 1.29 is 14.3 Å². The van der Waals surface area contributed by atoms with Gasteiger partial charge < -0.3 is 10.1 Å². The molecule has 2 aromatic rings. The van der Waals surface area contributed by atoms with E-state index in [4.69, 9.17) is 4.74 Å². The van der Waals surface area contributed by atoms with Gasteiger partial charge in [-0.25, -0.2) is 0 Å². The number of aromatic amines is 1. The van der Waals surface area contributed by atoms with Crippen LogP contribution in [0.2, 0.25) is 0 Å². The van der Waals surface area contributed by atoms with Crippen LogP contribution >= 0.6 is 0 Å². The molecule has 0 unspecified atom stereocenters. The molecule has 25 heavy (non-hydrogen) atoms.